The van der Waals surface area contributed by atoms with Crippen LogP contribution in [0, 0.1) is 0 Å². The average molecular weight is 125 g/mol. The molecule has 0 aromatic heterocycles. The van der Waals surface area contributed by atoms with E-state index in [-0.39, 0.29) is 6.04 Å². The minimum Gasteiger partial charge on any atom is -0.370 e. The van der Waals surface area contributed by atoms with Crippen LogP contribution in [0.25, 0.3) is 0 Å². The molecule has 3 N–H and O–H groups in total. The van der Waals surface area contributed by atoms with E-state index in [2.05, 4.69) is 16.9 Å². The van der Waals surface area contributed by atoms with Crippen molar-refractivity contribution in [1.82, 2.24) is 5.32 Å². The molecule has 3 nitrogen and oxygen atoms in total. The topological polar surface area (TPSA) is 50.4 Å². The fourth-order valence-corrected chi connectivity index (χ4v) is 0.751. The van der Waals surface area contributed by atoms with Gasteiger partial charge >= 0.3 is 0 Å². The number of hydrogen-bond donors (Lipinski definition) is 2. The second kappa shape index (κ2) is 2.64. The van der Waals surface area contributed by atoms with Crippen LogP contribution in [0.15, 0.2) is 17.6 Å². The predicted molar refractivity (Wildman–Crippen MR) is 38.5 cm³/mol. The van der Waals surface area contributed by atoms with Gasteiger partial charge in [0, 0.05) is 6.54 Å². The molecule has 0 aliphatic carbocycles. The Labute approximate surface area is 54.7 Å². The minimum atomic E-state index is -0.104. The van der Waals surface area contributed by atoms with Crippen molar-refractivity contribution < 1.29 is 0 Å². The third-order valence-corrected chi connectivity index (χ3v) is 1.27. The SMILES string of the molecule is C=CC(N)C1=NCCN1. The summed E-state index contributed by atoms with van der Waals surface area (Å²) >= 11 is 0. The standard InChI is InChI=1S/C6H11N3/c1-2-5(7)6-8-3-4-9-6/h2,5H,1,3-4,7H2,(H,8,9). The quantitative estimate of drug-likeness (QED) is 0.489. The number of amidine groups is 1. The van der Waals surface area contributed by atoms with Crippen LogP contribution in [0.4, 0.5) is 0 Å². The van der Waals surface area contributed by atoms with Crippen LogP contribution in [0.1, 0.15) is 0 Å². The first-order valence-corrected chi connectivity index (χ1v) is 3.01. The normalized spacial score (nSPS) is 20.3. The maximum Gasteiger partial charge on any atom is 0.117 e. The Morgan fingerprint density at radius 2 is 2.67 bits per heavy atom. The summed E-state index contributed by atoms with van der Waals surface area (Å²) in [6.45, 7) is 5.32. The molecule has 0 amide bonds. The molecule has 1 heterocycles. The fraction of sp³-hybridized carbons (Fsp3) is 0.500. The van der Waals surface area contributed by atoms with Crippen molar-refractivity contribution >= 4 is 5.84 Å². The van der Waals surface area contributed by atoms with Gasteiger partial charge in [0.25, 0.3) is 0 Å². The monoisotopic (exact) mass is 125 g/mol. The summed E-state index contributed by atoms with van der Waals surface area (Å²) in [5.74, 6) is 0.866. The number of nitrogens with one attached hydrogen (secondary N) is 1. The van der Waals surface area contributed by atoms with Crippen molar-refractivity contribution in [3.05, 3.63) is 12.7 Å². The Morgan fingerprint density at radius 1 is 1.89 bits per heavy atom. The zero-order valence-electron chi connectivity index (χ0n) is 5.30. The highest BCUT2D eigenvalue weighted by molar-refractivity contribution is 5.89. The van der Waals surface area contributed by atoms with Crippen molar-refractivity contribution in [2.75, 3.05) is 13.1 Å². The molecule has 1 aliphatic rings. The predicted octanol–water partition coefficient (Wildman–Crippen LogP) is -0.499. The summed E-state index contributed by atoms with van der Waals surface area (Å²) in [5.41, 5.74) is 5.57. The van der Waals surface area contributed by atoms with Gasteiger partial charge in [-0.15, -0.1) is 6.58 Å². The van der Waals surface area contributed by atoms with Gasteiger partial charge in [-0.1, -0.05) is 6.08 Å². The highest BCUT2D eigenvalue weighted by Crippen LogP contribution is 1.89. The summed E-state index contributed by atoms with van der Waals surface area (Å²) in [5, 5.41) is 3.06. The summed E-state index contributed by atoms with van der Waals surface area (Å²) < 4.78 is 0. The van der Waals surface area contributed by atoms with E-state index in [0.717, 1.165) is 18.9 Å². The highest BCUT2D eigenvalue weighted by atomic mass is 15.1. The molecule has 0 spiro atoms. The zero-order valence-corrected chi connectivity index (χ0v) is 5.30. The maximum atomic E-state index is 5.57. The van der Waals surface area contributed by atoms with Crippen LogP contribution < -0.4 is 11.1 Å². The minimum absolute atomic E-state index is 0.104. The van der Waals surface area contributed by atoms with Crippen molar-refractivity contribution in [2.45, 2.75) is 6.04 Å². The van der Waals surface area contributed by atoms with E-state index in [1.54, 1.807) is 6.08 Å². The average Bonchev–Trinajstić information content (AvgIpc) is 2.37. The molecule has 0 saturated heterocycles. The number of rotatable bonds is 2. The molecule has 0 radical (unpaired) electrons. The lowest BCUT2D eigenvalue weighted by atomic mass is 10.3. The highest BCUT2D eigenvalue weighted by Gasteiger charge is 2.09. The van der Waals surface area contributed by atoms with Gasteiger partial charge in [0.2, 0.25) is 0 Å². The van der Waals surface area contributed by atoms with Gasteiger partial charge in [0.05, 0.1) is 12.6 Å². The third-order valence-electron chi connectivity index (χ3n) is 1.27. The molecule has 0 saturated carbocycles. The Balaban J connectivity index is 2.50. The molecule has 9 heavy (non-hydrogen) atoms. The first kappa shape index (κ1) is 6.29. The van der Waals surface area contributed by atoms with E-state index in [9.17, 15) is 0 Å². The van der Waals surface area contributed by atoms with E-state index in [4.69, 9.17) is 5.73 Å². The van der Waals surface area contributed by atoms with Crippen LogP contribution in [-0.4, -0.2) is 25.0 Å². The molecule has 1 unspecified atom stereocenters. The number of nitrogens with zero attached hydrogens (tertiary/aromatic N) is 1. The van der Waals surface area contributed by atoms with Gasteiger partial charge in [-0.25, -0.2) is 0 Å². The van der Waals surface area contributed by atoms with Gasteiger partial charge in [-0.2, -0.15) is 0 Å². The molecule has 0 aromatic rings. The third kappa shape index (κ3) is 1.29. The van der Waals surface area contributed by atoms with Crippen LogP contribution in [0.5, 0.6) is 0 Å². The second-order valence-corrected chi connectivity index (χ2v) is 1.96. The number of nitrogens with two attached hydrogens (primary N) is 1. The molecular weight excluding hydrogens is 114 g/mol. The summed E-state index contributed by atoms with van der Waals surface area (Å²) in [7, 11) is 0. The van der Waals surface area contributed by atoms with Gasteiger partial charge in [-0.05, 0) is 0 Å². The lowest BCUT2D eigenvalue weighted by Crippen LogP contribution is -2.36. The molecule has 1 rings (SSSR count). The van der Waals surface area contributed by atoms with Crippen LogP contribution >= 0.6 is 0 Å². The van der Waals surface area contributed by atoms with Crippen molar-refractivity contribution in [2.24, 2.45) is 10.7 Å². The molecule has 0 fully saturated rings. The van der Waals surface area contributed by atoms with Crippen molar-refractivity contribution in [3.8, 4) is 0 Å². The lowest BCUT2D eigenvalue weighted by molar-refractivity contribution is 0.936. The molecular formula is C6H11N3. The van der Waals surface area contributed by atoms with Gasteiger partial charge in [0.1, 0.15) is 5.84 Å². The van der Waals surface area contributed by atoms with Crippen LogP contribution in [-0.2, 0) is 0 Å². The zero-order chi connectivity index (χ0) is 6.69. The Kier molecular flexibility index (Phi) is 1.85. The fourth-order valence-electron chi connectivity index (χ4n) is 0.751. The van der Waals surface area contributed by atoms with Crippen LogP contribution in [0.2, 0.25) is 0 Å². The van der Waals surface area contributed by atoms with E-state index in [1.807, 2.05) is 0 Å². The number of hydrogen-bond acceptors (Lipinski definition) is 3. The Hall–Kier alpha value is -0.830. The summed E-state index contributed by atoms with van der Waals surface area (Å²) in [6, 6.07) is -0.104. The molecule has 0 bridgehead atoms. The summed E-state index contributed by atoms with van der Waals surface area (Å²) in [4.78, 5) is 4.12. The Morgan fingerprint density at radius 3 is 3.11 bits per heavy atom. The van der Waals surface area contributed by atoms with E-state index in [0.29, 0.717) is 0 Å². The van der Waals surface area contributed by atoms with Gasteiger partial charge in [0.15, 0.2) is 0 Å². The summed E-state index contributed by atoms with van der Waals surface area (Å²) in [6.07, 6.45) is 1.68. The van der Waals surface area contributed by atoms with Crippen molar-refractivity contribution in [3.63, 3.8) is 0 Å². The first-order chi connectivity index (χ1) is 4.34. The molecule has 1 aliphatic heterocycles. The second-order valence-electron chi connectivity index (χ2n) is 1.96. The maximum absolute atomic E-state index is 5.57. The lowest BCUT2D eigenvalue weighted by Gasteiger charge is -2.04. The largest absolute Gasteiger partial charge is 0.370 e. The van der Waals surface area contributed by atoms with Gasteiger partial charge < -0.3 is 11.1 Å². The molecule has 0 aromatic carbocycles. The van der Waals surface area contributed by atoms with E-state index < -0.39 is 0 Å². The van der Waals surface area contributed by atoms with Gasteiger partial charge in [-0.3, -0.25) is 4.99 Å². The van der Waals surface area contributed by atoms with Crippen molar-refractivity contribution in [1.29, 1.82) is 0 Å². The Bertz CT molecular complexity index is 139. The molecule has 3 heteroatoms. The van der Waals surface area contributed by atoms with Crippen LogP contribution in [0.3, 0.4) is 0 Å². The van der Waals surface area contributed by atoms with E-state index in [1.165, 1.54) is 0 Å². The first-order valence-electron chi connectivity index (χ1n) is 3.01. The van der Waals surface area contributed by atoms with E-state index >= 15 is 0 Å². The smallest absolute Gasteiger partial charge is 0.117 e. The molecule has 50 valence electrons. The molecule has 1 atom stereocenters. The number of aliphatic imine (C=N–C) groups is 1.